The molecule has 4 heterocycles. The Morgan fingerprint density at radius 3 is 2.58 bits per heavy atom. The third-order valence-corrected chi connectivity index (χ3v) is 13.4. The number of esters is 1. The van der Waals surface area contributed by atoms with Crippen LogP contribution in [0.5, 0.6) is 0 Å². The summed E-state index contributed by atoms with van der Waals surface area (Å²) in [6, 6.07) is 3.14. The van der Waals surface area contributed by atoms with Crippen molar-refractivity contribution in [2.75, 3.05) is 13.2 Å². The molecule has 15 heteroatoms. The zero-order valence-corrected chi connectivity index (χ0v) is 30.7. The number of carbonyl (C=O) groups excluding carboxylic acids is 5. The molecule has 286 valence electrons. The number of alkyl carbamates (subject to hydrolysis) is 1. The maximum Gasteiger partial charge on any atom is 0.407 e. The Morgan fingerprint density at radius 2 is 1.85 bits per heavy atom. The lowest BCUT2D eigenvalue weighted by Crippen LogP contribution is -2.59. The van der Waals surface area contributed by atoms with Gasteiger partial charge in [-0.3, -0.25) is 29.2 Å². The summed E-state index contributed by atoms with van der Waals surface area (Å²) >= 11 is 0. The molecule has 3 aliphatic carbocycles. The van der Waals surface area contributed by atoms with Crippen LogP contribution in [0.25, 0.3) is 6.08 Å². The molecule has 4 fully saturated rings. The number of ether oxygens (including phenoxy) is 2. The van der Waals surface area contributed by atoms with Crippen LogP contribution in [0.15, 0.2) is 36.9 Å². The standard InChI is InChI=1S/C38H49N5O9S/c1-2-26-20-38(26,36(47)42-53(49,50)28-15-16-28)41-33(44)31-19-27-22-43(31)34(45)32(24-11-5-3-6-12-24)40-37(48)51-17-8-4-7-10-23-13-9-14-25-18-30(35(46)52-27)39-21-29(23)25/h2,7,9-10,13-14,24,26-28,30-32,39H,1,3-6,8,11-12,15-22H2,(H,40,48)(H,41,44)(H,42,47)/t26-,27-,30?,31+,32+,38-/m1/s1. The molecule has 1 saturated heterocycles. The van der Waals surface area contributed by atoms with Gasteiger partial charge in [-0.1, -0.05) is 55.7 Å². The van der Waals surface area contributed by atoms with Gasteiger partial charge in [-0.25, -0.2) is 13.2 Å². The van der Waals surface area contributed by atoms with Crippen LogP contribution in [-0.4, -0.2) is 91.3 Å². The largest absolute Gasteiger partial charge is 0.459 e. The van der Waals surface area contributed by atoms with E-state index in [4.69, 9.17) is 9.47 Å². The van der Waals surface area contributed by atoms with Crippen molar-refractivity contribution in [1.82, 2.24) is 25.6 Å². The third-order valence-electron chi connectivity index (χ3n) is 11.6. The average Bonchev–Trinajstić information content (AvgIpc) is 4.08. The first-order chi connectivity index (χ1) is 25.5. The average molecular weight is 752 g/mol. The van der Waals surface area contributed by atoms with Crippen molar-refractivity contribution < 1.29 is 41.9 Å². The highest BCUT2D eigenvalue weighted by atomic mass is 32.2. The monoisotopic (exact) mass is 751 g/mol. The molecule has 1 unspecified atom stereocenters. The van der Waals surface area contributed by atoms with Crippen LogP contribution in [0.3, 0.4) is 0 Å². The van der Waals surface area contributed by atoms with Crippen LogP contribution in [-0.2, 0) is 51.6 Å². The molecule has 1 aromatic rings. The SMILES string of the molecule is C=C[C@@H]1C[C@]1(NC(=O)[C@@H]1C[C@@H]2CN1C(=O)[C@H](C1CCCCC1)NC(=O)OCCCC=Cc1cccc3c1CNC(C3)C(=O)O2)C(=O)NS(=O)(=O)C1CC1. The normalized spacial score (nSPS) is 31.1. The van der Waals surface area contributed by atoms with Crippen LogP contribution in [0.1, 0.15) is 87.3 Å². The summed E-state index contributed by atoms with van der Waals surface area (Å²) in [5.74, 6) is -3.29. The van der Waals surface area contributed by atoms with Gasteiger partial charge in [0.05, 0.1) is 18.4 Å². The molecular weight excluding hydrogens is 703 g/mol. The summed E-state index contributed by atoms with van der Waals surface area (Å²) in [4.78, 5) is 70.5. The first kappa shape index (κ1) is 37.1. The van der Waals surface area contributed by atoms with Crippen LogP contribution < -0.4 is 20.7 Å². The Balaban J connectivity index is 1.16. The highest BCUT2D eigenvalue weighted by Crippen LogP contribution is 2.45. The highest BCUT2D eigenvalue weighted by molar-refractivity contribution is 7.91. The molecule has 4 aliphatic heterocycles. The maximum atomic E-state index is 14.6. The minimum Gasteiger partial charge on any atom is -0.459 e. The fourth-order valence-electron chi connectivity index (χ4n) is 8.31. The summed E-state index contributed by atoms with van der Waals surface area (Å²) in [6.07, 6.45) is 10.8. The lowest BCUT2D eigenvalue weighted by Gasteiger charge is -2.34. The van der Waals surface area contributed by atoms with E-state index in [0.29, 0.717) is 51.5 Å². The van der Waals surface area contributed by atoms with Gasteiger partial charge in [-0.15, -0.1) is 6.58 Å². The predicted molar refractivity (Wildman–Crippen MR) is 193 cm³/mol. The van der Waals surface area contributed by atoms with Crippen molar-refractivity contribution in [2.45, 2.75) is 119 Å². The van der Waals surface area contributed by atoms with Crippen molar-refractivity contribution in [3.8, 4) is 0 Å². The van der Waals surface area contributed by atoms with E-state index >= 15 is 0 Å². The van der Waals surface area contributed by atoms with Gasteiger partial charge in [0.25, 0.3) is 5.91 Å². The number of rotatable bonds is 7. The number of hydrogen-bond donors (Lipinski definition) is 4. The van der Waals surface area contributed by atoms with Gasteiger partial charge < -0.3 is 25.0 Å². The summed E-state index contributed by atoms with van der Waals surface area (Å²) < 4.78 is 39.1. The number of nitrogens with one attached hydrogen (secondary N) is 4. The molecule has 0 spiro atoms. The molecule has 0 aromatic heterocycles. The third kappa shape index (κ3) is 8.01. The summed E-state index contributed by atoms with van der Waals surface area (Å²) in [6.45, 7) is 4.26. The molecule has 1 aromatic carbocycles. The van der Waals surface area contributed by atoms with Crippen LogP contribution in [0.4, 0.5) is 4.79 Å². The van der Waals surface area contributed by atoms with Gasteiger partial charge in [0.1, 0.15) is 29.8 Å². The van der Waals surface area contributed by atoms with Gasteiger partial charge in [0.2, 0.25) is 21.8 Å². The van der Waals surface area contributed by atoms with Crippen LogP contribution >= 0.6 is 0 Å². The minimum atomic E-state index is -3.90. The topological polar surface area (TPSA) is 189 Å². The quantitative estimate of drug-likeness (QED) is 0.238. The van der Waals surface area contributed by atoms with Gasteiger partial charge in [-0.05, 0) is 74.0 Å². The second-order valence-electron chi connectivity index (χ2n) is 15.3. The lowest BCUT2D eigenvalue weighted by atomic mass is 9.83. The number of sulfonamides is 1. The van der Waals surface area contributed by atoms with Crippen molar-refractivity contribution >= 4 is 45.9 Å². The summed E-state index contributed by atoms with van der Waals surface area (Å²) in [7, 11) is -3.90. The van der Waals surface area contributed by atoms with Crippen LogP contribution in [0.2, 0.25) is 0 Å². The summed E-state index contributed by atoms with van der Waals surface area (Å²) in [5.41, 5.74) is 1.58. The first-order valence-electron chi connectivity index (χ1n) is 18.9. The number of hydrogen-bond acceptors (Lipinski definition) is 10. The van der Waals surface area contributed by atoms with E-state index in [1.807, 2.05) is 30.4 Å². The predicted octanol–water partition coefficient (Wildman–Crippen LogP) is 2.37. The molecule has 14 nitrogen and oxygen atoms in total. The lowest BCUT2D eigenvalue weighted by molar-refractivity contribution is -0.152. The van der Waals surface area contributed by atoms with E-state index < -0.39 is 80.7 Å². The van der Waals surface area contributed by atoms with E-state index in [2.05, 4.69) is 27.3 Å². The smallest absolute Gasteiger partial charge is 0.407 e. The zero-order chi connectivity index (χ0) is 37.3. The Morgan fingerprint density at radius 1 is 1.06 bits per heavy atom. The van der Waals surface area contributed by atoms with Crippen molar-refractivity contribution in [2.24, 2.45) is 11.8 Å². The fraction of sp³-hybridized carbons (Fsp3) is 0.605. The van der Waals surface area contributed by atoms with E-state index in [1.165, 1.54) is 11.0 Å². The van der Waals surface area contributed by atoms with Crippen molar-refractivity contribution in [3.05, 3.63) is 53.6 Å². The molecule has 3 saturated carbocycles. The Labute approximate surface area is 309 Å². The first-order valence-corrected chi connectivity index (χ1v) is 20.5. The van der Waals surface area contributed by atoms with Gasteiger partial charge >= 0.3 is 12.1 Å². The Kier molecular flexibility index (Phi) is 10.7. The minimum absolute atomic E-state index is 0.0553. The number of fused-ring (bicyclic) bond motifs is 10. The zero-order valence-electron chi connectivity index (χ0n) is 29.8. The number of benzene rings is 1. The maximum absolute atomic E-state index is 14.6. The van der Waals surface area contributed by atoms with Gasteiger partial charge in [0.15, 0.2) is 0 Å². The molecule has 6 atom stereocenters. The second kappa shape index (κ2) is 15.2. The number of carbonyl (C=O) groups is 5. The number of amides is 4. The van der Waals surface area contributed by atoms with E-state index in [9.17, 15) is 32.4 Å². The number of nitrogens with zero attached hydrogens (tertiary/aromatic N) is 1. The molecule has 4 N–H and O–H groups in total. The van der Waals surface area contributed by atoms with E-state index in [0.717, 1.165) is 36.0 Å². The molecule has 53 heavy (non-hydrogen) atoms. The highest BCUT2D eigenvalue weighted by Gasteiger charge is 2.62. The molecule has 7 aliphatic rings. The fourth-order valence-corrected chi connectivity index (χ4v) is 9.68. The van der Waals surface area contributed by atoms with E-state index in [1.54, 1.807) is 0 Å². The van der Waals surface area contributed by atoms with Gasteiger partial charge in [-0.2, -0.15) is 0 Å². The molecular formula is C38H49N5O9S. The molecule has 4 amide bonds. The number of allylic oxidation sites excluding steroid dienone is 1. The van der Waals surface area contributed by atoms with Crippen LogP contribution in [0, 0.1) is 11.8 Å². The van der Waals surface area contributed by atoms with E-state index in [-0.39, 0.29) is 31.9 Å². The molecule has 6 bridgehead atoms. The van der Waals surface area contributed by atoms with Crippen molar-refractivity contribution in [3.63, 3.8) is 0 Å². The molecule has 0 radical (unpaired) electrons. The van der Waals surface area contributed by atoms with Gasteiger partial charge in [0, 0.05) is 18.9 Å². The Bertz CT molecular complexity index is 1790. The second-order valence-corrected chi connectivity index (χ2v) is 17.3. The summed E-state index contributed by atoms with van der Waals surface area (Å²) in [5, 5.41) is 8.24. The molecule has 8 rings (SSSR count). The van der Waals surface area contributed by atoms with Crippen molar-refractivity contribution in [1.29, 1.82) is 0 Å². The Hall–Kier alpha value is -4.24.